The first-order chi connectivity index (χ1) is 13.6. The van der Waals surface area contributed by atoms with Gasteiger partial charge in [-0.05, 0) is 24.8 Å². The van der Waals surface area contributed by atoms with E-state index in [0.29, 0.717) is 35.4 Å². The van der Waals surface area contributed by atoms with E-state index in [1.165, 1.54) is 18.2 Å². The Bertz CT molecular complexity index is 1050. The third-order valence-electron chi connectivity index (χ3n) is 4.63. The molecule has 10 nitrogen and oxygen atoms in total. The molecule has 5 N–H and O–H groups in total. The first-order valence-corrected chi connectivity index (χ1v) is 8.92. The van der Waals surface area contributed by atoms with E-state index in [4.69, 9.17) is 15.9 Å². The number of hydrogen-bond donors (Lipinski definition) is 3. The molecule has 1 aromatic carbocycles. The van der Waals surface area contributed by atoms with E-state index in [2.05, 4.69) is 15.5 Å². The van der Waals surface area contributed by atoms with Crippen molar-refractivity contribution in [3.05, 3.63) is 57.0 Å². The highest BCUT2D eigenvalue weighted by Crippen LogP contribution is 2.39. The summed E-state index contributed by atoms with van der Waals surface area (Å²) in [6.45, 7) is 5.83. The maximum absolute atomic E-state index is 12.8. The summed E-state index contributed by atoms with van der Waals surface area (Å²) >= 11 is 0. The molecular formula is C19H22N6O4. The monoisotopic (exact) mass is 398 g/mol. The van der Waals surface area contributed by atoms with Crippen LogP contribution in [0.4, 0.5) is 11.4 Å². The third-order valence-corrected chi connectivity index (χ3v) is 4.63. The number of carbonyl (C=O) groups is 1. The number of benzene rings is 1. The number of amides is 1. The summed E-state index contributed by atoms with van der Waals surface area (Å²) in [6, 6.07) is 5.91. The Kier molecular flexibility index (Phi) is 5.10. The van der Waals surface area contributed by atoms with Crippen molar-refractivity contribution in [2.24, 2.45) is 27.1 Å². The molecule has 0 aliphatic heterocycles. The molecule has 10 heteroatoms. The van der Waals surface area contributed by atoms with E-state index in [-0.39, 0.29) is 28.5 Å². The molecule has 0 saturated heterocycles. The van der Waals surface area contributed by atoms with E-state index >= 15 is 0 Å². The molecule has 1 heterocycles. The van der Waals surface area contributed by atoms with Gasteiger partial charge in [0, 0.05) is 23.6 Å². The van der Waals surface area contributed by atoms with Crippen molar-refractivity contribution >= 4 is 29.0 Å². The Balaban J connectivity index is 2.01. The van der Waals surface area contributed by atoms with Crippen molar-refractivity contribution in [2.45, 2.75) is 33.6 Å². The molecule has 3 rings (SSSR count). The number of nitrogens with one attached hydrogen (secondary N) is 1. The lowest BCUT2D eigenvalue weighted by molar-refractivity contribution is -0.383. The molecule has 0 spiro atoms. The van der Waals surface area contributed by atoms with Crippen LogP contribution in [0.2, 0.25) is 0 Å². The molecule has 1 aromatic heterocycles. The van der Waals surface area contributed by atoms with Gasteiger partial charge in [0.15, 0.2) is 5.76 Å². The summed E-state index contributed by atoms with van der Waals surface area (Å²) in [4.78, 5) is 23.5. The van der Waals surface area contributed by atoms with E-state index in [9.17, 15) is 14.9 Å². The highest BCUT2D eigenvalue weighted by atomic mass is 16.6. The molecule has 0 bridgehead atoms. The standard InChI is InChI=1S/C19H22N6O4/c1-10-15-12(23-24-18(20)21)8-19(2,3)9-14(15)29-16(10)17(26)22-11-6-4-5-7-13(11)25(27)28/h4-7H,8-9H2,1-3H3,(H,22,26)(H4,20,21,24)/b23-12-. The molecule has 29 heavy (non-hydrogen) atoms. The van der Waals surface area contributed by atoms with Gasteiger partial charge in [-0.3, -0.25) is 14.9 Å². The summed E-state index contributed by atoms with van der Waals surface area (Å²) in [6.07, 6.45) is 1.20. The Morgan fingerprint density at radius 2 is 1.97 bits per heavy atom. The minimum atomic E-state index is -0.579. The van der Waals surface area contributed by atoms with Gasteiger partial charge in [-0.2, -0.15) is 5.10 Å². The van der Waals surface area contributed by atoms with Crippen LogP contribution in [0.15, 0.2) is 38.9 Å². The Morgan fingerprint density at radius 1 is 1.28 bits per heavy atom. The highest BCUT2D eigenvalue weighted by Gasteiger charge is 2.36. The maximum atomic E-state index is 12.8. The summed E-state index contributed by atoms with van der Waals surface area (Å²) in [5.74, 6) is -0.0672. The minimum absolute atomic E-state index is 0.0725. The quantitative estimate of drug-likeness (QED) is 0.310. The molecule has 2 aromatic rings. The van der Waals surface area contributed by atoms with E-state index in [1.54, 1.807) is 13.0 Å². The number of nitro benzene ring substituents is 1. The fourth-order valence-electron chi connectivity index (χ4n) is 3.45. The fraction of sp³-hybridized carbons (Fsp3) is 0.316. The number of furan rings is 1. The topological polar surface area (TPSA) is 162 Å². The average molecular weight is 398 g/mol. The number of rotatable bonds is 4. The van der Waals surface area contributed by atoms with Crippen LogP contribution in [0, 0.1) is 22.5 Å². The largest absolute Gasteiger partial charge is 0.455 e. The lowest BCUT2D eigenvalue weighted by atomic mass is 9.75. The predicted molar refractivity (Wildman–Crippen MR) is 109 cm³/mol. The van der Waals surface area contributed by atoms with Crippen LogP contribution >= 0.6 is 0 Å². The van der Waals surface area contributed by atoms with Gasteiger partial charge in [0.1, 0.15) is 11.4 Å². The first-order valence-electron chi connectivity index (χ1n) is 8.92. The van der Waals surface area contributed by atoms with Gasteiger partial charge in [0.25, 0.3) is 11.6 Å². The Hall–Kier alpha value is -3.69. The normalized spacial score (nSPS) is 16.2. The van der Waals surface area contributed by atoms with Crippen LogP contribution in [0.25, 0.3) is 0 Å². The van der Waals surface area contributed by atoms with Crippen molar-refractivity contribution < 1.29 is 14.1 Å². The number of fused-ring (bicyclic) bond motifs is 1. The van der Waals surface area contributed by atoms with Gasteiger partial charge < -0.3 is 21.2 Å². The second kappa shape index (κ2) is 7.38. The number of anilines is 1. The zero-order valence-corrected chi connectivity index (χ0v) is 16.4. The number of hydrogen-bond acceptors (Lipinski definition) is 6. The Labute approximate surface area is 166 Å². The van der Waals surface area contributed by atoms with Crippen molar-refractivity contribution in [1.29, 1.82) is 0 Å². The van der Waals surface area contributed by atoms with Crippen LogP contribution in [0.1, 0.15) is 47.7 Å². The van der Waals surface area contributed by atoms with Gasteiger partial charge in [0.2, 0.25) is 5.96 Å². The average Bonchev–Trinajstić information content (AvgIpc) is 2.95. The smallest absolute Gasteiger partial charge is 0.292 e. The van der Waals surface area contributed by atoms with Gasteiger partial charge >= 0.3 is 0 Å². The molecule has 152 valence electrons. The summed E-state index contributed by atoms with van der Waals surface area (Å²) in [5.41, 5.74) is 12.4. The molecule has 0 atom stereocenters. The number of nitrogens with two attached hydrogens (primary N) is 2. The van der Waals surface area contributed by atoms with Crippen LogP contribution in [-0.4, -0.2) is 22.5 Å². The van der Waals surface area contributed by atoms with Crippen LogP contribution in [-0.2, 0) is 6.42 Å². The van der Waals surface area contributed by atoms with Crippen molar-refractivity contribution in [3.8, 4) is 0 Å². The van der Waals surface area contributed by atoms with Gasteiger partial charge in [0.05, 0.1) is 10.6 Å². The zero-order valence-electron chi connectivity index (χ0n) is 16.4. The predicted octanol–water partition coefficient (Wildman–Crippen LogP) is 2.70. The molecule has 1 aliphatic rings. The van der Waals surface area contributed by atoms with Gasteiger partial charge in [-0.1, -0.05) is 26.0 Å². The Morgan fingerprint density at radius 3 is 2.62 bits per heavy atom. The van der Waals surface area contributed by atoms with Crippen molar-refractivity contribution in [3.63, 3.8) is 0 Å². The van der Waals surface area contributed by atoms with Gasteiger partial charge in [-0.25, -0.2) is 0 Å². The third kappa shape index (κ3) is 4.10. The molecular weight excluding hydrogens is 376 g/mol. The highest BCUT2D eigenvalue weighted by molar-refractivity contribution is 6.10. The van der Waals surface area contributed by atoms with Crippen LogP contribution < -0.4 is 16.8 Å². The van der Waals surface area contributed by atoms with Crippen LogP contribution in [0.3, 0.4) is 0 Å². The number of nitrogens with zero attached hydrogens (tertiary/aromatic N) is 3. The summed E-state index contributed by atoms with van der Waals surface area (Å²) in [7, 11) is 0. The number of nitro groups is 1. The molecule has 0 saturated carbocycles. The fourth-order valence-corrected chi connectivity index (χ4v) is 3.45. The van der Waals surface area contributed by atoms with E-state index < -0.39 is 10.8 Å². The maximum Gasteiger partial charge on any atom is 0.292 e. The molecule has 0 fully saturated rings. The zero-order chi connectivity index (χ0) is 21.3. The lowest BCUT2D eigenvalue weighted by Crippen LogP contribution is -2.27. The van der Waals surface area contributed by atoms with E-state index in [0.717, 1.165) is 0 Å². The molecule has 0 unspecified atom stereocenters. The number of carbonyl (C=O) groups excluding carboxylic acids is 1. The van der Waals surface area contributed by atoms with Crippen LogP contribution in [0.5, 0.6) is 0 Å². The molecule has 0 radical (unpaired) electrons. The van der Waals surface area contributed by atoms with Crippen molar-refractivity contribution in [1.82, 2.24) is 0 Å². The van der Waals surface area contributed by atoms with Crippen molar-refractivity contribution in [2.75, 3.05) is 5.32 Å². The second-order valence-corrected chi connectivity index (χ2v) is 7.67. The first kappa shape index (κ1) is 20.1. The number of guanidine groups is 1. The second-order valence-electron chi connectivity index (χ2n) is 7.67. The number of para-hydroxylation sites is 2. The minimum Gasteiger partial charge on any atom is -0.455 e. The lowest BCUT2D eigenvalue weighted by Gasteiger charge is -2.29. The van der Waals surface area contributed by atoms with Gasteiger partial charge in [-0.15, -0.1) is 5.10 Å². The SMILES string of the molecule is Cc1c(C(=O)Nc2ccccc2[N+](=O)[O-])oc2c1/C(=N\N=C(N)N)CC(C)(C)C2. The molecule has 1 amide bonds. The summed E-state index contributed by atoms with van der Waals surface area (Å²) < 4.78 is 5.87. The van der Waals surface area contributed by atoms with E-state index in [1.807, 2.05) is 13.8 Å². The summed E-state index contributed by atoms with van der Waals surface area (Å²) in [5, 5.41) is 21.6. The molecule has 1 aliphatic carbocycles.